The predicted molar refractivity (Wildman–Crippen MR) is 128 cm³/mol. The fraction of sp³-hybridized carbons (Fsp3) is 0.375. The van der Waals surface area contributed by atoms with Gasteiger partial charge in [0.25, 0.3) is 0 Å². The van der Waals surface area contributed by atoms with Crippen LogP contribution in [-0.4, -0.2) is 59.1 Å². The molecule has 0 bridgehead atoms. The van der Waals surface area contributed by atoms with Crippen molar-refractivity contribution in [1.29, 1.82) is 0 Å². The molecular formula is C24H20Cl2F6N2O6. The van der Waals surface area contributed by atoms with Gasteiger partial charge in [-0.25, -0.2) is 4.79 Å². The highest BCUT2D eigenvalue weighted by molar-refractivity contribution is 6.37. The summed E-state index contributed by atoms with van der Waals surface area (Å²) in [6.07, 6.45) is -7.29. The zero-order valence-corrected chi connectivity index (χ0v) is 21.7. The van der Waals surface area contributed by atoms with Crippen LogP contribution < -0.4 is 4.74 Å². The van der Waals surface area contributed by atoms with Crippen LogP contribution in [0.3, 0.4) is 0 Å². The number of likely N-dealkylation sites (tertiary alicyclic amines) is 1. The second-order valence-corrected chi connectivity index (χ2v) is 9.27. The number of oxime groups is 1. The Kier molecular flexibility index (Phi) is 11.4. The maximum Gasteiger partial charge on any atom is 0.573 e. The summed E-state index contributed by atoms with van der Waals surface area (Å²) in [6, 6.07) is 12.9. The number of hydrogen-bond acceptors (Lipinski definition) is 7. The molecule has 1 fully saturated rings. The Bertz CT molecular complexity index is 1200. The van der Waals surface area contributed by atoms with Gasteiger partial charge in [0.15, 0.2) is 5.75 Å². The number of halogens is 8. The normalized spacial score (nSPS) is 16.4. The van der Waals surface area contributed by atoms with Crippen molar-refractivity contribution < 1.29 is 55.4 Å². The highest BCUT2D eigenvalue weighted by atomic mass is 35.5. The molecule has 0 radical (unpaired) electrons. The third-order valence-corrected chi connectivity index (χ3v) is 6.20. The van der Waals surface area contributed by atoms with E-state index >= 15 is 0 Å². The van der Waals surface area contributed by atoms with Crippen LogP contribution in [-0.2, 0) is 25.8 Å². The van der Waals surface area contributed by atoms with E-state index in [1.54, 1.807) is 0 Å². The maximum absolute atomic E-state index is 12.5. The number of aliphatic carboxylic acids is 1. The number of alkyl halides is 6. The Morgan fingerprint density at radius 1 is 1.05 bits per heavy atom. The van der Waals surface area contributed by atoms with Gasteiger partial charge in [-0.2, -0.15) is 22.8 Å². The van der Waals surface area contributed by atoms with E-state index in [0.717, 1.165) is 49.2 Å². The summed E-state index contributed by atoms with van der Waals surface area (Å²) in [4.78, 5) is 33.2. The molecule has 16 heteroatoms. The summed E-state index contributed by atoms with van der Waals surface area (Å²) in [5.74, 6) is -3.33. The topological polar surface area (TPSA) is 106 Å². The molecule has 2 aromatic rings. The minimum Gasteiger partial charge on any atom is -0.475 e. The van der Waals surface area contributed by atoms with E-state index in [1.165, 1.54) is 12.1 Å². The van der Waals surface area contributed by atoms with Crippen LogP contribution in [0, 0.1) is 0 Å². The van der Waals surface area contributed by atoms with E-state index in [-0.39, 0.29) is 21.8 Å². The van der Waals surface area contributed by atoms with Gasteiger partial charge in [-0.3, -0.25) is 4.90 Å². The van der Waals surface area contributed by atoms with Crippen molar-refractivity contribution in [3.8, 4) is 5.75 Å². The first kappa shape index (κ1) is 32.9. The minimum atomic E-state index is -5.08. The standard InChI is InChI=1S/C21H19Cl2F3N2O2.C2HF3O2.CO2/c22-16-10-14(11-17(23)19(16)29-21(24,25)26)13-28-8-6-20(7-9-28)12-18(27-30-20)15-4-2-1-3-5-15;3-2(4,5)1(6)7;2-1-3/h1-5,10-11H,6-9,12-13H2;(H,6,7);. The van der Waals surface area contributed by atoms with Crippen LogP contribution in [0.2, 0.25) is 10.0 Å². The fourth-order valence-electron chi connectivity index (χ4n) is 3.87. The highest BCUT2D eigenvalue weighted by Crippen LogP contribution is 2.39. The molecule has 0 aliphatic carbocycles. The number of carbonyl (C=O) groups excluding carboxylic acids is 2. The van der Waals surface area contributed by atoms with Crippen LogP contribution >= 0.6 is 23.2 Å². The van der Waals surface area contributed by atoms with Gasteiger partial charge < -0.3 is 14.7 Å². The van der Waals surface area contributed by atoms with Gasteiger partial charge >= 0.3 is 24.7 Å². The summed E-state index contributed by atoms with van der Waals surface area (Å²) in [6.45, 7) is 2.06. The third kappa shape index (κ3) is 10.0. The number of carboxylic acids is 1. The van der Waals surface area contributed by atoms with Crippen LogP contribution in [0.5, 0.6) is 5.75 Å². The van der Waals surface area contributed by atoms with E-state index in [2.05, 4.69) is 14.8 Å². The lowest BCUT2D eigenvalue weighted by molar-refractivity contribution is -0.274. The van der Waals surface area contributed by atoms with E-state index in [9.17, 15) is 26.3 Å². The molecule has 1 spiro atoms. The monoisotopic (exact) mass is 616 g/mol. The molecule has 4 rings (SSSR count). The zero-order chi connectivity index (χ0) is 30.1. The first-order chi connectivity index (χ1) is 18.6. The van der Waals surface area contributed by atoms with Crippen molar-refractivity contribution >= 4 is 41.0 Å². The summed E-state index contributed by atoms with van der Waals surface area (Å²) < 4.78 is 73.1. The molecule has 0 amide bonds. The zero-order valence-electron chi connectivity index (χ0n) is 20.2. The fourth-order valence-corrected chi connectivity index (χ4v) is 4.48. The maximum atomic E-state index is 12.5. The predicted octanol–water partition coefficient (Wildman–Crippen LogP) is 6.10. The molecule has 8 nitrogen and oxygen atoms in total. The largest absolute Gasteiger partial charge is 0.573 e. The molecular weight excluding hydrogens is 597 g/mol. The Labute approximate surface area is 233 Å². The van der Waals surface area contributed by atoms with E-state index < -0.39 is 24.3 Å². The van der Waals surface area contributed by atoms with Crippen LogP contribution in [0.15, 0.2) is 47.6 Å². The first-order valence-electron chi connectivity index (χ1n) is 11.1. The molecule has 2 aliphatic rings. The van der Waals surface area contributed by atoms with Gasteiger partial charge in [-0.1, -0.05) is 58.7 Å². The lowest BCUT2D eigenvalue weighted by Crippen LogP contribution is -2.44. The summed E-state index contributed by atoms with van der Waals surface area (Å²) >= 11 is 11.9. The molecule has 0 unspecified atom stereocenters. The second kappa shape index (κ2) is 13.8. The lowest BCUT2D eigenvalue weighted by atomic mass is 9.85. The van der Waals surface area contributed by atoms with Crippen LogP contribution in [0.1, 0.15) is 30.4 Å². The van der Waals surface area contributed by atoms with E-state index in [0.29, 0.717) is 6.54 Å². The number of piperidine rings is 1. The molecule has 2 aromatic carbocycles. The molecule has 1 N–H and O–H groups in total. The average Bonchev–Trinajstić information content (AvgIpc) is 3.27. The molecule has 0 atom stereocenters. The molecule has 40 heavy (non-hydrogen) atoms. The second-order valence-electron chi connectivity index (χ2n) is 8.45. The molecule has 0 aromatic heterocycles. The minimum absolute atomic E-state index is 0.164. The van der Waals surface area contributed by atoms with E-state index in [4.69, 9.17) is 47.5 Å². The van der Waals surface area contributed by atoms with E-state index in [1.807, 2.05) is 30.3 Å². The van der Waals surface area contributed by atoms with Gasteiger partial charge in [-0.15, -0.1) is 13.2 Å². The van der Waals surface area contributed by atoms with Gasteiger partial charge in [-0.05, 0) is 23.3 Å². The Balaban J connectivity index is 0.000000483. The highest BCUT2D eigenvalue weighted by Gasteiger charge is 2.42. The first-order valence-corrected chi connectivity index (χ1v) is 11.9. The molecule has 1 saturated heterocycles. The number of rotatable bonds is 4. The van der Waals surface area contributed by atoms with Crippen LogP contribution in [0.4, 0.5) is 26.3 Å². The molecule has 2 aliphatic heterocycles. The van der Waals surface area contributed by atoms with Crippen molar-refractivity contribution in [2.75, 3.05) is 13.1 Å². The quantitative estimate of drug-likeness (QED) is 0.414. The van der Waals surface area contributed by atoms with Gasteiger partial charge in [0.1, 0.15) is 5.60 Å². The lowest BCUT2D eigenvalue weighted by Gasteiger charge is -2.37. The van der Waals surface area contributed by atoms with Gasteiger partial charge in [0, 0.05) is 38.9 Å². The Morgan fingerprint density at radius 3 is 2.00 bits per heavy atom. The molecule has 0 saturated carbocycles. The summed E-state index contributed by atoms with van der Waals surface area (Å²) in [5, 5.41) is 11.1. The number of nitrogens with zero attached hydrogens (tertiary/aromatic N) is 2. The smallest absolute Gasteiger partial charge is 0.475 e. The van der Waals surface area contributed by atoms with Crippen molar-refractivity contribution in [3.63, 3.8) is 0 Å². The third-order valence-electron chi connectivity index (χ3n) is 5.64. The molecule has 2 heterocycles. The van der Waals surface area contributed by atoms with Gasteiger partial charge in [0.2, 0.25) is 0 Å². The Hall–Kier alpha value is -3.32. The number of ether oxygens (including phenoxy) is 1. The van der Waals surface area contributed by atoms with Crippen molar-refractivity contribution in [3.05, 3.63) is 63.6 Å². The Morgan fingerprint density at radius 2 is 1.55 bits per heavy atom. The average molecular weight is 617 g/mol. The van der Waals surface area contributed by atoms with Crippen LogP contribution in [0.25, 0.3) is 0 Å². The number of carbonyl (C=O) groups is 1. The number of carboxylic acid groups (broad SMARTS) is 1. The van der Waals surface area contributed by atoms with Crippen molar-refractivity contribution in [1.82, 2.24) is 4.90 Å². The van der Waals surface area contributed by atoms with Crippen molar-refractivity contribution in [2.24, 2.45) is 5.16 Å². The number of benzene rings is 2. The van der Waals surface area contributed by atoms with Gasteiger partial charge in [0.05, 0.1) is 15.8 Å². The number of hydrogen-bond donors (Lipinski definition) is 1. The van der Waals surface area contributed by atoms with Crippen molar-refractivity contribution in [2.45, 2.75) is 43.9 Å². The summed E-state index contributed by atoms with van der Waals surface area (Å²) in [7, 11) is 0. The summed E-state index contributed by atoms with van der Waals surface area (Å²) in [5.41, 5.74) is 2.47. The SMILES string of the molecule is FC(F)(F)Oc1c(Cl)cc(CN2CCC3(CC2)CC(c2ccccc2)=NO3)cc1Cl.O=C(O)C(F)(F)F.O=C=O. The molecule has 218 valence electrons.